The molecule has 2 nitrogen and oxygen atoms in total. The van der Waals surface area contributed by atoms with Crippen LogP contribution < -0.4 is 0 Å². The molecule has 0 saturated heterocycles. The molecule has 0 amide bonds. The molecule has 96 valence electrons. The second kappa shape index (κ2) is 9.86. The summed E-state index contributed by atoms with van der Waals surface area (Å²) in [7, 11) is 0. The van der Waals surface area contributed by atoms with E-state index in [4.69, 9.17) is 5.11 Å². The van der Waals surface area contributed by atoms with E-state index in [0.29, 0.717) is 12.8 Å². The fraction of sp³-hybridized carbons (Fsp3) is 0.857. The maximum atomic E-state index is 9.93. The number of aliphatic hydroxyl groups is 2. The Morgan fingerprint density at radius 1 is 1.06 bits per heavy atom. The van der Waals surface area contributed by atoms with Crippen molar-refractivity contribution in [1.82, 2.24) is 0 Å². The van der Waals surface area contributed by atoms with Crippen molar-refractivity contribution in [3.8, 4) is 0 Å². The topological polar surface area (TPSA) is 40.5 Å². The quantitative estimate of drug-likeness (QED) is 0.445. The first-order chi connectivity index (χ1) is 7.61. The highest BCUT2D eigenvalue weighted by Crippen LogP contribution is 2.19. The lowest BCUT2D eigenvalue weighted by atomic mass is 9.92. The van der Waals surface area contributed by atoms with Crippen LogP contribution in [0.1, 0.15) is 58.8 Å². The van der Waals surface area contributed by atoms with Gasteiger partial charge in [-0.15, -0.1) is 6.58 Å². The third kappa shape index (κ3) is 7.89. The number of hydrogen-bond acceptors (Lipinski definition) is 2. The zero-order valence-electron chi connectivity index (χ0n) is 10.9. The third-order valence-corrected chi connectivity index (χ3v) is 3.07. The van der Waals surface area contributed by atoms with E-state index in [9.17, 15) is 5.11 Å². The third-order valence-electron chi connectivity index (χ3n) is 3.07. The number of aliphatic hydroxyl groups excluding tert-OH is 2. The van der Waals surface area contributed by atoms with Crippen LogP contribution in [0, 0.1) is 5.92 Å². The van der Waals surface area contributed by atoms with E-state index in [1.165, 1.54) is 19.3 Å². The van der Waals surface area contributed by atoms with Crippen LogP contribution >= 0.6 is 0 Å². The zero-order valence-corrected chi connectivity index (χ0v) is 10.9. The molecule has 0 aliphatic heterocycles. The predicted molar refractivity (Wildman–Crippen MR) is 69.4 cm³/mol. The molecule has 16 heavy (non-hydrogen) atoms. The van der Waals surface area contributed by atoms with Gasteiger partial charge in [-0.3, -0.25) is 0 Å². The molecular weight excluding hydrogens is 200 g/mol. The van der Waals surface area contributed by atoms with Crippen LogP contribution in [0.4, 0.5) is 0 Å². The molecule has 0 bridgehead atoms. The van der Waals surface area contributed by atoms with E-state index in [2.05, 4.69) is 13.5 Å². The fourth-order valence-corrected chi connectivity index (χ4v) is 1.90. The van der Waals surface area contributed by atoms with Crippen LogP contribution in [0.3, 0.4) is 0 Å². The van der Waals surface area contributed by atoms with E-state index in [-0.39, 0.29) is 18.1 Å². The SMILES string of the molecule is C=C[C@@H](CCCCCC)[C@@H](O)CCC(C)O. The highest BCUT2D eigenvalue weighted by Gasteiger charge is 2.15. The molecule has 0 fully saturated rings. The van der Waals surface area contributed by atoms with Gasteiger partial charge in [0.25, 0.3) is 0 Å². The van der Waals surface area contributed by atoms with Crippen molar-refractivity contribution in [1.29, 1.82) is 0 Å². The smallest absolute Gasteiger partial charge is 0.0603 e. The molecule has 0 saturated carbocycles. The van der Waals surface area contributed by atoms with E-state index < -0.39 is 0 Å². The van der Waals surface area contributed by atoms with Crippen LogP contribution in [-0.2, 0) is 0 Å². The summed E-state index contributed by atoms with van der Waals surface area (Å²) >= 11 is 0. The highest BCUT2D eigenvalue weighted by molar-refractivity contribution is 4.84. The molecule has 1 unspecified atom stereocenters. The minimum atomic E-state index is -0.339. The lowest BCUT2D eigenvalue weighted by molar-refractivity contribution is 0.0899. The summed E-state index contributed by atoms with van der Waals surface area (Å²) in [4.78, 5) is 0. The average molecular weight is 228 g/mol. The maximum absolute atomic E-state index is 9.93. The summed E-state index contributed by atoms with van der Waals surface area (Å²) in [5, 5.41) is 19.1. The molecule has 2 N–H and O–H groups in total. The van der Waals surface area contributed by atoms with Gasteiger partial charge in [0.15, 0.2) is 0 Å². The van der Waals surface area contributed by atoms with E-state index in [1.807, 2.05) is 6.08 Å². The van der Waals surface area contributed by atoms with Crippen molar-refractivity contribution < 1.29 is 10.2 Å². The van der Waals surface area contributed by atoms with Crippen molar-refractivity contribution in [3.05, 3.63) is 12.7 Å². The molecule has 0 aliphatic rings. The second-order valence-electron chi connectivity index (χ2n) is 4.74. The van der Waals surface area contributed by atoms with E-state index in [0.717, 1.165) is 12.8 Å². The Morgan fingerprint density at radius 3 is 2.25 bits per heavy atom. The van der Waals surface area contributed by atoms with Gasteiger partial charge in [0.2, 0.25) is 0 Å². The molecule has 0 rings (SSSR count). The molecule has 0 radical (unpaired) electrons. The van der Waals surface area contributed by atoms with Gasteiger partial charge in [0.05, 0.1) is 12.2 Å². The van der Waals surface area contributed by atoms with Crippen LogP contribution in [0.2, 0.25) is 0 Å². The number of hydrogen-bond donors (Lipinski definition) is 2. The summed E-state index contributed by atoms with van der Waals surface area (Å²) in [6.45, 7) is 7.74. The molecule has 0 aliphatic carbocycles. The first-order valence-electron chi connectivity index (χ1n) is 6.60. The Hall–Kier alpha value is -0.340. The Bertz CT molecular complexity index is 166. The monoisotopic (exact) mass is 228 g/mol. The standard InChI is InChI=1S/C14H28O2/c1-4-6-7-8-9-13(5-2)14(16)11-10-12(3)15/h5,12-16H,2,4,6-11H2,1,3H3/t12?,13-,14-/m0/s1. The normalized spacial score (nSPS) is 16.8. The Kier molecular flexibility index (Phi) is 9.65. The number of unbranched alkanes of at least 4 members (excludes halogenated alkanes) is 3. The largest absolute Gasteiger partial charge is 0.393 e. The summed E-state index contributed by atoms with van der Waals surface area (Å²) in [6.07, 6.45) is 8.47. The summed E-state index contributed by atoms with van der Waals surface area (Å²) in [6, 6.07) is 0. The fourth-order valence-electron chi connectivity index (χ4n) is 1.90. The molecular formula is C14H28O2. The van der Waals surface area contributed by atoms with Crippen molar-refractivity contribution in [2.75, 3.05) is 0 Å². The van der Waals surface area contributed by atoms with Crippen molar-refractivity contribution in [2.24, 2.45) is 5.92 Å². The van der Waals surface area contributed by atoms with Gasteiger partial charge in [-0.1, -0.05) is 38.7 Å². The van der Waals surface area contributed by atoms with Gasteiger partial charge in [-0.2, -0.15) is 0 Å². The Morgan fingerprint density at radius 2 is 1.75 bits per heavy atom. The summed E-state index contributed by atoms with van der Waals surface area (Å²) < 4.78 is 0. The van der Waals surface area contributed by atoms with Crippen molar-refractivity contribution in [3.63, 3.8) is 0 Å². The van der Waals surface area contributed by atoms with Crippen LogP contribution in [0.25, 0.3) is 0 Å². The number of rotatable bonds is 10. The van der Waals surface area contributed by atoms with E-state index >= 15 is 0 Å². The minimum Gasteiger partial charge on any atom is -0.393 e. The molecule has 0 aromatic carbocycles. The lowest BCUT2D eigenvalue weighted by Crippen LogP contribution is -2.20. The van der Waals surface area contributed by atoms with Gasteiger partial charge >= 0.3 is 0 Å². The molecule has 0 aromatic heterocycles. The maximum Gasteiger partial charge on any atom is 0.0603 e. The molecule has 3 atom stereocenters. The van der Waals surface area contributed by atoms with Gasteiger partial charge in [-0.25, -0.2) is 0 Å². The minimum absolute atomic E-state index is 0.190. The Labute approximate surface area is 100 Å². The molecule has 0 aromatic rings. The lowest BCUT2D eigenvalue weighted by Gasteiger charge is -2.20. The molecule has 0 spiro atoms. The first kappa shape index (κ1) is 15.7. The second-order valence-corrected chi connectivity index (χ2v) is 4.74. The van der Waals surface area contributed by atoms with Crippen LogP contribution in [0.5, 0.6) is 0 Å². The average Bonchev–Trinajstić information content (AvgIpc) is 2.26. The predicted octanol–water partition coefficient (Wildman–Crippen LogP) is 3.28. The van der Waals surface area contributed by atoms with E-state index in [1.54, 1.807) is 6.92 Å². The summed E-state index contributed by atoms with van der Waals surface area (Å²) in [5.74, 6) is 0.190. The molecule has 0 heterocycles. The van der Waals surface area contributed by atoms with Gasteiger partial charge in [0, 0.05) is 5.92 Å². The highest BCUT2D eigenvalue weighted by atomic mass is 16.3. The Balaban J connectivity index is 3.74. The first-order valence-corrected chi connectivity index (χ1v) is 6.60. The zero-order chi connectivity index (χ0) is 12.4. The summed E-state index contributed by atoms with van der Waals surface area (Å²) in [5.41, 5.74) is 0. The van der Waals surface area contributed by atoms with Crippen LogP contribution in [-0.4, -0.2) is 22.4 Å². The van der Waals surface area contributed by atoms with Gasteiger partial charge in [-0.05, 0) is 26.2 Å². The van der Waals surface area contributed by atoms with Gasteiger partial charge in [0.1, 0.15) is 0 Å². The molecule has 2 heteroatoms. The van der Waals surface area contributed by atoms with Crippen molar-refractivity contribution in [2.45, 2.75) is 71.0 Å². The van der Waals surface area contributed by atoms with Crippen molar-refractivity contribution >= 4 is 0 Å². The van der Waals surface area contributed by atoms with Gasteiger partial charge < -0.3 is 10.2 Å². The van der Waals surface area contributed by atoms with Crippen LogP contribution in [0.15, 0.2) is 12.7 Å².